The molecular formula is C13H13F2N3O2. The number of aliphatic hydroxyl groups excluding tert-OH is 1. The third-order valence-electron chi connectivity index (χ3n) is 2.71. The summed E-state index contributed by atoms with van der Waals surface area (Å²) in [5.41, 5.74) is 1.48. The number of amides is 1. The van der Waals surface area contributed by atoms with E-state index in [4.69, 9.17) is 5.11 Å². The van der Waals surface area contributed by atoms with Gasteiger partial charge in [-0.1, -0.05) is 30.3 Å². The molecular weight excluding hydrogens is 268 g/mol. The molecule has 1 unspecified atom stereocenters. The summed E-state index contributed by atoms with van der Waals surface area (Å²) in [6.45, 7) is -0.518. The minimum absolute atomic E-state index is 0.234. The van der Waals surface area contributed by atoms with E-state index in [0.717, 1.165) is 5.56 Å². The van der Waals surface area contributed by atoms with E-state index in [1.807, 2.05) is 6.07 Å². The largest absolute Gasteiger partial charge is 0.385 e. The minimum Gasteiger partial charge on any atom is -0.385 e. The number of aromatic nitrogens is 2. The highest BCUT2D eigenvalue weighted by molar-refractivity contribution is 5.99. The van der Waals surface area contributed by atoms with Gasteiger partial charge in [0.2, 0.25) is 0 Å². The Morgan fingerprint density at radius 1 is 1.35 bits per heavy atom. The van der Waals surface area contributed by atoms with Gasteiger partial charge in [-0.3, -0.25) is 9.89 Å². The summed E-state index contributed by atoms with van der Waals surface area (Å²) in [7, 11) is 0. The van der Waals surface area contributed by atoms with Crippen molar-refractivity contribution in [1.82, 2.24) is 15.5 Å². The summed E-state index contributed by atoms with van der Waals surface area (Å²) < 4.78 is 24.3. The zero-order valence-electron chi connectivity index (χ0n) is 10.4. The molecule has 0 aliphatic heterocycles. The van der Waals surface area contributed by atoms with Crippen molar-refractivity contribution in [1.29, 1.82) is 0 Å². The number of benzene rings is 1. The van der Waals surface area contributed by atoms with Crippen molar-refractivity contribution in [3.63, 3.8) is 0 Å². The molecule has 1 amide bonds. The van der Waals surface area contributed by atoms with Crippen LogP contribution < -0.4 is 5.32 Å². The highest BCUT2D eigenvalue weighted by Gasteiger charge is 2.20. The summed E-state index contributed by atoms with van der Waals surface area (Å²) in [5.74, 6) is -0.572. The highest BCUT2D eigenvalue weighted by Crippen LogP contribution is 2.20. The molecule has 0 fully saturated rings. The average molecular weight is 281 g/mol. The lowest BCUT2D eigenvalue weighted by Crippen LogP contribution is -2.35. The second kappa shape index (κ2) is 6.25. The molecule has 1 heterocycles. The van der Waals surface area contributed by atoms with Crippen LogP contribution in [0.25, 0.3) is 11.3 Å². The summed E-state index contributed by atoms with van der Waals surface area (Å²) >= 11 is 0. The maximum Gasteiger partial charge on any atom is 0.265 e. The zero-order valence-corrected chi connectivity index (χ0v) is 10.4. The van der Waals surface area contributed by atoms with Gasteiger partial charge in [-0.15, -0.1) is 0 Å². The topological polar surface area (TPSA) is 78.0 Å². The molecule has 3 N–H and O–H groups in total. The van der Waals surface area contributed by atoms with E-state index in [1.165, 1.54) is 6.20 Å². The molecule has 1 atom stereocenters. The van der Waals surface area contributed by atoms with Gasteiger partial charge in [0.25, 0.3) is 12.3 Å². The molecule has 0 saturated carbocycles. The van der Waals surface area contributed by atoms with Crippen molar-refractivity contribution in [2.75, 3.05) is 6.54 Å². The van der Waals surface area contributed by atoms with Gasteiger partial charge in [-0.05, 0) is 0 Å². The van der Waals surface area contributed by atoms with Crippen molar-refractivity contribution in [2.24, 2.45) is 0 Å². The Morgan fingerprint density at radius 2 is 2.05 bits per heavy atom. The third kappa shape index (κ3) is 3.18. The van der Waals surface area contributed by atoms with Gasteiger partial charge in [0.1, 0.15) is 6.10 Å². The summed E-state index contributed by atoms with van der Waals surface area (Å²) in [6.07, 6.45) is -3.47. The third-order valence-corrected chi connectivity index (χ3v) is 2.71. The number of hydrogen-bond acceptors (Lipinski definition) is 3. The van der Waals surface area contributed by atoms with Crippen LogP contribution in [0.1, 0.15) is 10.4 Å². The first-order valence-electron chi connectivity index (χ1n) is 5.93. The summed E-state index contributed by atoms with van der Waals surface area (Å²) in [5, 5.41) is 17.7. The molecule has 0 spiro atoms. The molecule has 1 aromatic heterocycles. The van der Waals surface area contributed by atoms with E-state index in [9.17, 15) is 13.6 Å². The van der Waals surface area contributed by atoms with Crippen molar-refractivity contribution in [3.8, 4) is 11.3 Å². The predicted octanol–water partition coefficient (Wildman–Crippen LogP) is 1.43. The second-order valence-electron chi connectivity index (χ2n) is 4.14. The number of halogens is 2. The van der Waals surface area contributed by atoms with Crippen LogP contribution in [0.2, 0.25) is 0 Å². The molecule has 1 aromatic carbocycles. The monoisotopic (exact) mass is 281 g/mol. The zero-order chi connectivity index (χ0) is 14.5. The molecule has 0 saturated heterocycles. The van der Waals surface area contributed by atoms with Crippen LogP contribution in [-0.2, 0) is 0 Å². The summed E-state index contributed by atoms with van der Waals surface area (Å²) in [6, 6.07) is 9.02. The number of hydrogen-bond donors (Lipinski definition) is 3. The van der Waals surface area contributed by atoms with Crippen LogP contribution in [0.4, 0.5) is 8.78 Å². The SMILES string of the molecule is O=C(NCC(O)C(F)F)c1cn[nH]c1-c1ccccc1. The molecule has 5 nitrogen and oxygen atoms in total. The number of alkyl halides is 2. The maximum absolute atomic E-state index is 12.1. The van der Waals surface area contributed by atoms with Crippen LogP contribution >= 0.6 is 0 Å². The lowest BCUT2D eigenvalue weighted by atomic mass is 10.1. The number of nitrogens with zero attached hydrogens (tertiary/aromatic N) is 1. The molecule has 0 aliphatic rings. The molecule has 7 heteroatoms. The van der Waals surface area contributed by atoms with Crippen LogP contribution in [0.5, 0.6) is 0 Å². The lowest BCUT2D eigenvalue weighted by molar-refractivity contribution is -0.00269. The van der Waals surface area contributed by atoms with Gasteiger partial charge in [0.05, 0.1) is 17.5 Å². The molecule has 0 aliphatic carbocycles. The molecule has 106 valence electrons. The van der Waals surface area contributed by atoms with E-state index in [2.05, 4.69) is 15.5 Å². The summed E-state index contributed by atoms with van der Waals surface area (Å²) in [4.78, 5) is 11.9. The van der Waals surface area contributed by atoms with Gasteiger partial charge in [-0.2, -0.15) is 5.10 Å². The molecule has 2 rings (SSSR count). The van der Waals surface area contributed by atoms with E-state index in [1.54, 1.807) is 24.3 Å². The van der Waals surface area contributed by atoms with E-state index in [0.29, 0.717) is 5.69 Å². The Kier molecular flexibility index (Phi) is 4.41. The minimum atomic E-state index is -2.90. The fourth-order valence-corrected chi connectivity index (χ4v) is 1.66. The van der Waals surface area contributed by atoms with Crippen molar-refractivity contribution < 1.29 is 18.7 Å². The molecule has 0 bridgehead atoms. The highest BCUT2D eigenvalue weighted by atomic mass is 19.3. The number of aromatic amines is 1. The van der Waals surface area contributed by atoms with Gasteiger partial charge in [0.15, 0.2) is 0 Å². The second-order valence-corrected chi connectivity index (χ2v) is 4.14. The quantitative estimate of drug-likeness (QED) is 0.776. The Morgan fingerprint density at radius 3 is 2.70 bits per heavy atom. The van der Waals surface area contributed by atoms with E-state index in [-0.39, 0.29) is 5.56 Å². The van der Waals surface area contributed by atoms with Crippen LogP contribution in [0.15, 0.2) is 36.5 Å². The number of rotatable bonds is 5. The Bertz CT molecular complexity index is 572. The number of nitrogens with one attached hydrogen (secondary N) is 2. The fraction of sp³-hybridized carbons (Fsp3) is 0.231. The lowest BCUT2D eigenvalue weighted by Gasteiger charge is -2.10. The van der Waals surface area contributed by atoms with Crippen molar-refractivity contribution in [2.45, 2.75) is 12.5 Å². The molecule has 20 heavy (non-hydrogen) atoms. The number of carbonyl (C=O) groups excluding carboxylic acids is 1. The van der Waals surface area contributed by atoms with E-state index < -0.39 is 25.0 Å². The molecule has 2 aromatic rings. The number of aliphatic hydroxyl groups is 1. The van der Waals surface area contributed by atoms with Gasteiger partial charge in [-0.25, -0.2) is 8.78 Å². The Labute approximate surface area is 113 Å². The normalized spacial score (nSPS) is 12.4. The maximum atomic E-state index is 12.1. The Hall–Kier alpha value is -2.28. The first-order chi connectivity index (χ1) is 9.59. The smallest absolute Gasteiger partial charge is 0.265 e. The standard InChI is InChI=1S/C13H13F2N3O2/c14-12(15)10(19)7-16-13(20)9-6-17-18-11(9)8-4-2-1-3-5-8/h1-6,10,12,19H,7H2,(H,16,20)(H,17,18). The predicted molar refractivity (Wildman–Crippen MR) is 68.4 cm³/mol. The first kappa shape index (κ1) is 14.1. The first-order valence-corrected chi connectivity index (χ1v) is 5.93. The Balaban J connectivity index is 2.10. The number of H-pyrrole nitrogens is 1. The fourth-order valence-electron chi connectivity index (χ4n) is 1.66. The van der Waals surface area contributed by atoms with Gasteiger partial charge in [0, 0.05) is 12.1 Å². The van der Waals surface area contributed by atoms with Crippen LogP contribution in [-0.4, -0.2) is 40.3 Å². The average Bonchev–Trinajstić information content (AvgIpc) is 2.94. The van der Waals surface area contributed by atoms with Crippen LogP contribution in [0, 0.1) is 0 Å². The van der Waals surface area contributed by atoms with Crippen molar-refractivity contribution >= 4 is 5.91 Å². The number of carbonyl (C=O) groups is 1. The van der Waals surface area contributed by atoms with Crippen LogP contribution in [0.3, 0.4) is 0 Å². The van der Waals surface area contributed by atoms with Gasteiger partial charge >= 0.3 is 0 Å². The van der Waals surface area contributed by atoms with Crippen molar-refractivity contribution in [3.05, 3.63) is 42.1 Å². The molecule has 0 radical (unpaired) electrons. The van der Waals surface area contributed by atoms with E-state index >= 15 is 0 Å². The van der Waals surface area contributed by atoms with Gasteiger partial charge < -0.3 is 10.4 Å².